The number of hydrogen-bond donors (Lipinski definition) is 1. The zero-order valence-electron chi connectivity index (χ0n) is 17.8. The molecule has 1 N–H and O–H groups in total. The molecule has 8 heteroatoms. The van der Waals surface area contributed by atoms with Gasteiger partial charge in [-0.1, -0.05) is 42.5 Å². The van der Waals surface area contributed by atoms with Gasteiger partial charge in [0.2, 0.25) is 5.95 Å². The van der Waals surface area contributed by atoms with Crippen LogP contribution >= 0.6 is 0 Å². The van der Waals surface area contributed by atoms with Crippen LogP contribution in [0.15, 0.2) is 76.2 Å². The highest BCUT2D eigenvalue weighted by Crippen LogP contribution is 2.30. The fourth-order valence-corrected chi connectivity index (χ4v) is 3.38. The molecule has 4 aromatic rings. The first-order chi connectivity index (χ1) is 15.6. The molecule has 0 aliphatic rings. The zero-order valence-corrected chi connectivity index (χ0v) is 17.8. The van der Waals surface area contributed by atoms with Crippen LogP contribution in [0.5, 0.6) is 0 Å². The Bertz CT molecular complexity index is 1240. The van der Waals surface area contributed by atoms with Gasteiger partial charge >= 0.3 is 5.63 Å². The molecule has 2 aromatic carbocycles. The first-order valence-electron chi connectivity index (χ1n) is 10.3. The summed E-state index contributed by atoms with van der Waals surface area (Å²) in [6, 6.07) is 17.3. The van der Waals surface area contributed by atoms with Crippen LogP contribution in [0, 0.1) is 5.82 Å². The second-order valence-corrected chi connectivity index (χ2v) is 7.15. The number of anilines is 1. The van der Waals surface area contributed by atoms with Crippen molar-refractivity contribution >= 4 is 5.95 Å². The molecule has 0 unspecified atom stereocenters. The Morgan fingerprint density at radius 2 is 1.88 bits per heavy atom. The van der Waals surface area contributed by atoms with Crippen LogP contribution in [0.1, 0.15) is 25.5 Å². The second-order valence-electron chi connectivity index (χ2n) is 7.15. The van der Waals surface area contributed by atoms with Gasteiger partial charge in [0.1, 0.15) is 11.5 Å². The molecule has 7 nitrogen and oxygen atoms in total. The van der Waals surface area contributed by atoms with Crippen molar-refractivity contribution < 1.29 is 13.7 Å². The summed E-state index contributed by atoms with van der Waals surface area (Å²) in [6.45, 7) is 4.34. The van der Waals surface area contributed by atoms with Crippen LogP contribution in [0.2, 0.25) is 0 Å². The topological polar surface area (TPSA) is 82.2 Å². The molecular weight excluding hydrogens is 411 g/mol. The van der Waals surface area contributed by atoms with Gasteiger partial charge < -0.3 is 14.6 Å². The summed E-state index contributed by atoms with van der Waals surface area (Å²) in [5, 5.41) is 3.28. The van der Waals surface area contributed by atoms with Crippen molar-refractivity contribution in [3.05, 3.63) is 88.7 Å². The molecule has 0 saturated carbocycles. The molecule has 1 atom stereocenters. The van der Waals surface area contributed by atoms with E-state index in [2.05, 4.69) is 15.3 Å². The Labute approximate surface area is 184 Å². The van der Waals surface area contributed by atoms with Gasteiger partial charge in [0, 0.05) is 12.8 Å². The lowest BCUT2D eigenvalue weighted by Gasteiger charge is -2.15. The highest BCUT2D eigenvalue weighted by atomic mass is 19.1. The maximum atomic E-state index is 13.5. The van der Waals surface area contributed by atoms with E-state index in [1.165, 1.54) is 29.0 Å². The summed E-state index contributed by atoms with van der Waals surface area (Å²) < 4.78 is 25.7. The molecule has 0 aliphatic carbocycles. The summed E-state index contributed by atoms with van der Waals surface area (Å²) >= 11 is 0. The van der Waals surface area contributed by atoms with Crippen molar-refractivity contribution in [3.63, 3.8) is 0 Å². The lowest BCUT2D eigenvalue weighted by atomic mass is 10.0. The Balaban J connectivity index is 1.76. The normalized spacial score (nSPS) is 12.0. The van der Waals surface area contributed by atoms with E-state index in [1.54, 1.807) is 12.3 Å². The van der Waals surface area contributed by atoms with Crippen LogP contribution in [0.3, 0.4) is 0 Å². The molecule has 0 aliphatic heterocycles. The van der Waals surface area contributed by atoms with Crippen molar-refractivity contribution in [1.29, 1.82) is 0 Å². The Morgan fingerprint density at radius 3 is 2.59 bits per heavy atom. The molecule has 0 spiro atoms. The largest absolute Gasteiger partial charge is 0.366 e. The smallest absolute Gasteiger partial charge is 0.358 e. The Hall–Kier alpha value is -3.78. The molecule has 0 amide bonds. The monoisotopic (exact) mass is 434 g/mol. The first kappa shape index (κ1) is 21.5. The minimum Gasteiger partial charge on any atom is -0.358 e. The maximum Gasteiger partial charge on any atom is 0.366 e. The van der Waals surface area contributed by atoms with E-state index in [9.17, 15) is 9.18 Å². The number of ether oxygens (including phenoxy) is 1. The predicted octanol–water partition coefficient (Wildman–Crippen LogP) is 4.87. The van der Waals surface area contributed by atoms with Crippen molar-refractivity contribution in [2.45, 2.75) is 26.6 Å². The van der Waals surface area contributed by atoms with Gasteiger partial charge in [-0.25, -0.2) is 19.2 Å². The van der Waals surface area contributed by atoms with Gasteiger partial charge in [0.05, 0.1) is 17.3 Å². The van der Waals surface area contributed by atoms with Crippen molar-refractivity contribution in [2.75, 3.05) is 11.9 Å². The number of nitrogens with one attached hydrogen (secondary N) is 1. The van der Waals surface area contributed by atoms with Gasteiger partial charge in [-0.2, -0.15) is 4.74 Å². The lowest BCUT2D eigenvalue weighted by Crippen LogP contribution is -2.10. The van der Waals surface area contributed by atoms with E-state index < -0.39 is 11.4 Å². The summed E-state index contributed by atoms with van der Waals surface area (Å²) in [4.78, 5) is 21.7. The third-order valence-corrected chi connectivity index (χ3v) is 4.97. The molecule has 32 heavy (non-hydrogen) atoms. The van der Waals surface area contributed by atoms with Crippen LogP contribution in [-0.4, -0.2) is 21.3 Å². The van der Waals surface area contributed by atoms with Gasteiger partial charge in [-0.15, -0.1) is 0 Å². The molecular formula is C24H23FN4O3. The number of hydrogen-bond acceptors (Lipinski definition) is 6. The number of aromatic nitrogens is 3. The van der Waals surface area contributed by atoms with Crippen LogP contribution in [-0.2, 0) is 11.5 Å². The number of benzene rings is 2. The van der Waals surface area contributed by atoms with E-state index >= 15 is 0 Å². The van der Waals surface area contributed by atoms with E-state index in [0.29, 0.717) is 29.5 Å². The molecule has 2 aromatic heterocycles. The summed E-state index contributed by atoms with van der Waals surface area (Å²) in [7, 11) is 0. The Kier molecular flexibility index (Phi) is 6.42. The average molecular weight is 434 g/mol. The maximum absolute atomic E-state index is 13.5. The third-order valence-electron chi connectivity index (χ3n) is 4.97. The first-order valence-corrected chi connectivity index (χ1v) is 10.3. The molecule has 0 bridgehead atoms. The van der Waals surface area contributed by atoms with E-state index in [-0.39, 0.29) is 18.3 Å². The Morgan fingerprint density at radius 1 is 1.12 bits per heavy atom. The van der Waals surface area contributed by atoms with Crippen LogP contribution in [0.4, 0.5) is 10.3 Å². The quantitative estimate of drug-likeness (QED) is 0.426. The zero-order chi connectivity index (χ0) is 22.5. The third kappa shape index (κ3) is 4.60. The van der Waals surface area contributed by atoms with E-state index in [1.807, 2.05) is 44.2 Å². The fraction of sp³-hybridized carbons (Fsp3) is 0.208. The van der Waals surface area contributed by atoms with Gasteiger partial charge in [-0.3, -0.25) is 0 Å². The number of nitrogens with zero attached hydrogens (tertiary/aromatic N) is 3. The number of halogens is 1. The lowest BCUT2D eigenvalue weighted by molar-refractivity contribution is 0.0314. The summed E-state index contributed by atoms with van der Waals surface area (Å²) in [5.74, 6) is 0.0115. The van der Waals surface area contributed by atoms with Crippen molar-refractivity contribution in [1.82, 2.24) is 14.7 Å². The van der Waals surface area contributed by atoms with Crippen molar-refractivity contribution in [3.8, 4) is 22.5 Å². The predicted molar refractivity (Wildman–Crippen MR) is 119 cm³/mol. The van der Waals surface area contributed by atoms with Gasteiger partial charge in [0.15, 0.2) is 6.73 Å². The highest BCUT2D eigenvalue weighted by Gasteiger charge is 2.22. The summed E-state index contributed by atoms with van der Waals surface area (Å²) in [6.07, 6.45) is 1.61. The van der Waals surface area contributed by atoms with Gasteiger partial charge in [-0.05, 0) is 43.2 Å². The molecule has 2 heterocycles. The average Bonchev–Trinajstić information content (AvgIpc) is 3.15. The van der Waals surface area contributed by atoms with E-state index in [0.717, 1.165) is 5.56 Å². The number of rotatable bonds is 8. The van der Waals surface area contributed by atoms with Crippen molar-refractivity contribution in [2.24, 2.45) is 0 Å². The molecule has 164 valence electrons. The minimum atomic E-state index is -0.558. The van der Waals surface area contributed by atoms with Crippen LogP contribution < -0.4 is 10.9 Å². The fourth-order valence-electron chi connectivity index (χ4n) is 3.38. The molecule has 0 saturated heterocycles. The SMILES string of the molecule is CCOCn1oc(=O)c(-c2ccc(F)cc2)c1-c1ccnc(N[C@H](C)c2ccccc2)n1. The second kappa shape index (κ2) is 9.57. The molecule has 0 fully saturated rings. The highest BCUT2D eigenvalue weighted by molar-refractivity contribution is 5.78. The van der Waals surface area contributed by atoms with E-state index in [4.69, 9.17) is 9.26 Å². The van der Waals surface area contributed by atoms with Crippen LogP contribution in [0.25, 0.3) is 22.5 Å². The molecule has 4 rings (SSSR count). The summed E-state index contributed by atoms with van der Waals surface area (Å²) in [5.41, 5.74) is 2.25. The minimum absolute atomic E-state index is 0.0296. The standard InChI is InChI=1S/C24H23FN4O3/c1-3-31-15-29-22(21(23(30)32-29)18-9-11-19(25)12-10-18)20-13-14-26-24(28-20)27-16(2)17-7-5-4-6-8-17/h4-14,16H,3,15H2,1-2H3,(H,26,27,28)/t16-/m1/s1. The van der Waals surface area contributed by atoms with Gasteiger partial charge in [0.25, 0.3) is 0 Å². The molecule has 0 radical (unpaired) electrons.